The van der Waals surface area contributed by atoms with Gasteiger partial charge in [-0.3, -0.25) is 58.1 Å². The Balaban J connectivity index is 1.19. The van der Waals surface area contributed by atoms with E-state index in [0.29, 0.717) is 63.6 Å². The number of benzene rings is 4. The van der Waals surface area contributed by atoms with Crippen molar-refractivity contribution >= 4 is 53.8 Å². The third-order valence-electron chi connectivity index (χ3n) is 15.6. The smallest absolute Gasteiger partial charge is 0.417 e. The van der Waals surface area contributed by atoms with E-state index < -0.39 is 59.5 Å². The molecule has 2 fully saturated rings. The number of carbonyl (C=O) groups excluding carboxylic acids is 3. The molecule has 0 unspecified atom stereocenters. The number of piperidine rings is 1. The van der Waals surface area contributed by atoms with Crippen molar-refractivity contribution in [1.82, 2.24) is 40.4 Å². The van der Waals surface area contributed by atoms with Crippen molar-refractivity contribution in [2.24, 2.45) is 0 Å². The number of aryl methyl sites for hydroxylation is 2. The molecule has 2 heterocycles. The number of amides is 3. The maximum atomic E-state index is 15.1. The zero-order valence-corrected chi connectivity index (χ0v) is 49.7. The molecule has 4 aromatic rings. The van der Waals surface area contributed by atoms with Gasteiger partial charge in [-0.25, -0.2) is 0 Å². The lowest BCUT2D eigenvalue weighted by Gasteiger charge is -2.33. The number of likely N-dealkylation sites (tertiary alicyclic amines) is 1. The molecular formula is C64H83F3N8O12. The third kappa shape index (κ3) is 23.5. The number of aliphatic carboxylic acids is 4. The highest BCUT2D eigenvalue weighted by atomic mass is 19.4. The molecule has 2 saturated heterocycles. The number of rotatable bonds is 29. The predicted octanol–water partition coefficient (Wildman–Crippen LogP) is 6.36. The summed E-state index contributed by atoms with van der Waals surface area (Å²) in [5.41, 5.74) is 4.61. The fourth-order valence-corrected chi connectivity index (χ4v) is 10.9. The first-order chi connectivity index (χ1) is 41.6. The lowest BCUT2D eigenvalue weighted by atomic mass is 9.95. The maximum Gasteiger partial charge on any atom is 0.417 e. The molecule has 4 aromatic carbocycles. The lowest BCUT2D eigenvalue weighted by Crippen LogP contribution is -2.52. The summed E-state index contributed by atoms with van der Waals surface area (Å²) in [7, 11) is 0. The Kier molecular flexibility index (Phi) is 27.2. The van der Waals surface area contributed by atoms with Gasteiger partial charge in [0.25, 0.3) is 0 Å². The summed E-state index contributed by atoms with van der Waals surface area (Å²) in [5.74, 6) is -5.65. The molecule has 87 heavy (non-hydrogen) atoms. The lowest BCUT2D eigenvalue weighted by molar-refractivity contribution is -0.145. The number of carboxylic acids is 4. The van der Waals surface area contributed by atoms with Crippen molar-refractivity contribution < 1.29 is 71.9 Å². The minimum atomic E-state index is -4.82. The van der Waals surface area contributed by atoms with E-state index in [1.54, 1.807) is 30.6 Å². The summed E-state index contributed by atoms with van der Waals surface area (Å²) in [6.45, 7) is 3.94. The van der Waals surface area contributed by atoms with Crippen molar-refractivity contribution in [3.8, 4) is 16.9 Å². The van der Waals surface area contributed by atoms with Crippen molar-refractivity contribution in [1.29, 1.82) is 0 Å². The predicted molar refractivity (Wildman–Crippen MR) is 323 cm³/mol. The third-order valence-corrected chi connectivity index (χ3v) is 15.6. The number of unbranched alkanes of at least 4 members (excludes halogenated alkanes) is 1. The monoisotopic (exact) mass is 1210 g/mol. The second kappa shape index (κ2) is 34.6. The molecule has 2 atom stereocenters. The molecule has 0 aromatic heterocycles. The Labute approximate surface area is 506 Å². The first kappa shape index (κ1) is 68.4. The largest absolute Gasteiger partial charge is 0.491 e. The summed E-state index contributed by atoms with van der Waals surface area (Å²) < 4.78 is 51.6. The van der Waals surface area contributed by atoms with E-state index in [9.17, 15) is 54.0 Å². The first-order valence-electron chi connectivity index (χ1n) is 29.7. The van der Waals surface area contributed by atoms with E-state index in [1.165, 1.54) is 12.1 Å². The number of ether oxygens (including phenoxy) is 1. The number of hydrogen-bond donors (Lipinski definition) is 7. The molecule has 0 saturated carbocycles. The average Bonchev–Trinajstić information content (AvgIpc) is 1.73. The molecule has 6 rings (SSSR count). The fraction of sp³-hybridized carbons (Fsp3) is 0.484. The van der Waals surface area contributed by atoms with E-state index in [4.69, 9.17) is 4.74 Å². The van der Waals surface area contributed by atoms with Crippen LogP contribution in [0.2, 0.25) is 0 Å². The molecular weight excluding hydrogens is 1130 g/mol. The van der Waals surface area contributed by atoms with E-state index >= 15 is 13.2 Å². The highest BCUT2D eigenvalue weighted by Gasteiger charge is 2.36. The molecule has 0 bridgehead atoms. The molecule has 20 nitrogen and oxygen atoms in total. The minimum absolute atomic E-state index is 0.0518. The van der Waals surface area contributed by atoms with Crippen LogP contribution in [-0.2, 0) is 52.7 Å². The first-order valence-corrected chi connectivity index (χ1v) is 29.7. The summed E-state index contributed by atoms with van der Waals surface area (Å²) in [6.07, 6.45) is 2.43. The van der Waals surface area contributed by atoms with Gasteiger partial charge in [0.1, 0.15) is 24.4 Å². The summed E-state index contributed by atoms with van der Waals surface area (Å²) >= 11 is 0. The number of alkyl halides is 3. The molecule has 472 valence electrons. The average molecular weight is 1210 g/mol. The van der Waals surface area contributed by atoms with Gasteiger partial charge in [0.05, 0.1) is 38.3 Å². The maximum absolute atomic E-state index is 15.1. The number of hydrogen-bond acceptors (Lipinski definition) is 13. The summed E-state index contributed by atoms with van der Waals surface area (Å²) in [4.78, 5) is 97.2. The number of nitrogens with one attached hydrogen (secondary N) is 3. The number of carbonyl (C=O) groups is 7. The van der Waals surface area contributed by atoms with Crippen LogP contribution in [-0.4, -0.2) is 203 Å². The van der Waals surface area contributed by atoms with Crippen LogP contribution >= 0.6 is 0 Å². The van der Waals surface area contributed by atoms with Gasteiger partial charge in [-0.05, 0) is 111 Å². The van der Waals surface area contributed by atoms with Crippen LogP contribution in [0.25, 0.3) is 23.3 Å². The Morgan fingerprint density at radius 1 is 0.644 bits per heavy atom. The molecule has 2 aliphatic rings. The Morgan fingerprint density at radius 3 is 1.83 bits per heavy atom. The fourth-order valence-electron chi connectivity index (χ4n) is 10.9. The zero-order chi connectivity index (χ0) is 62.9. The molecule has 3 amide bonds. The van der Waals surface area contributed by atoms with Crippen LogP contribution < -0.4 is 20.7 Å². The van der Waals surface area contributed by atoms with Crippen molar-refractivity contribution in [2.75, 3.05) is 105 Å². The Hall–Kier alpha value is -7.70. The normalized spacial score (nSPS) is 16.7. The highest BCUT2D eigenvalue weighted by molar-refractivity contribution is 5.88. The second-order valence-corrected chi connectivity index (χ2v) is 22.3. The van der Waals surface area contributed by atoms with Gasteiger partial charge in [0.15, 0.2) is 0 Å². The topological polar surface area (TPSA) is 262 Å². The molecule has 0 aliphatic carbocycles. The van der Waals surface area contributed by atoms with Crippen LogP contribution in [0, 0.1) is 13.8 Å². The zero-order valence-electron chi connectivity index (χ0n) is 49.7. The van der Waals surface area contributed by atoms with Gasteiger partial charge < -0.3 is 41.1 Å². The SMILES string of the molecule is Cc1ccc(CCCC(=O)NCCCC[C@H](NC(=O)CN2CCN(CC(=O)O)CCN(CC(=O)O)CCN(CC(=O)O)CC2)C(=O)NCCOc2cc(/C=C/c3cccc(-c4ccccc4)c3C)c(C(F)(F)F)cc2CN2CCCC[C@H]2C(=O)O)cc1. The number of carboxylic acid groups (broad SMARTS) is 4. The Bertz CT molecular complexity index is 2930. The van der Waals surface area contributed by atoms with Crippen LogP contribution in [0.15, 0.2) is 84.9 Å². The van der Waals surface area contributed by atoms with Crippen LogP contribution in [0.1, 0.15) is 90.3 Å². The molecule has 2 aliphatic heterocycles. The number of halogens is 3. The van der Waals surface area contributed by atoms with Gasteiger partial charge >= 0.3 is 30.1 Å². The Morgan fingerprint density at radius 2 is 1.24 bits per heavy atom. The molecule has 7 N–H and O–H groups in total. The second-order valence-electron chi connectivity index (χ2n) is 22.3. The van der Waals surface area contributed by atoms with Crippen LogP contribution in [0.4, 0.5) is 13.2 Å². The highest BCUT2D eigenvalue weighted by Crippen LogP contribution is 2.38. The van der Waals surface area contributed by atoms with Gasteiger partial charge in [0.2, 0.25) is 17.7 Å². The van der Waals surface area contributed by atoms with E-state index in [1.807, 2.05) is 86.6 Å². The van der Waals surface area contributed by atoms with E-state index in [0.717, 1.165) is 40.3 Å². The molecule has 0 spiro atoms. The molecule has 23 heteroatoms. The minimum Gasteiger partial charge on any atom is -0.491 e. The molecule has 0 radical (unpaired) electrons. The number of nitrogens with zero attached hydrogens (tertiary/aromatic N) is 5. The quantitative estimate of drug-likeness (QED) is 0.0230. The van der Waals surface area contributed by atoms with Gasteiger partial charge in [0, 0.05) is 77.4 Å². The van der Waals surface area contributed by atoms with Gasteiger partial charge in [-0.15, -0.1) is 0 Å². The summed E-state index contributed by atoms with van der Waals surface area (Å²) in [5, 5.41) is 47.7. The van der Waals surface area contributed by atoms with Crippen molar-refractivity contribution in [3.05, 3.63) is 124 Å². The van der Waals surface area contributed by atoms with Gasteiger partial charge in [-0.1, -0.05) is 96.9 Å². The van der Waals surface area contributed by atoms with Gasteiger partial charge in [-0.2, -0.15) is 13.2 Å². The van der Waals surface area contributed by atoms with E-state index in [2.05, 4.69) is 16.0 Å². The van der Waals surface area contributed by atoms with Crippen LogP contribution in [0.5, 0.6) is 5.75 Å². The van der Waals surface area contributed by atoms with Crippen LogP contribution in [0.3, 0.4) is 0 Å². The van der Waals surface area contributed by atoms with E-state index in [-0.39, 0.29) is 127 Å². The van der Waals surface area contributed by atoms with Crippen molar-refractivity contribution in [2.45, 2.75) is 96.4 Å². The standard InChI is InChI=1S/C64H83F3N8O12/c1-45-20-22-47(23-21-45)12-10-19-57(76)68-26-8-6-17-54(70-58(77)41-71-29-31-72(42-59(78)79)33-35-74(44-61(82)83)36-34-73(32-30-71)43-60(80)81)62(84)69-27-37-87-56-39-50(25-24-48-15-11-16-52(46(48)2)49-13-4-3-5-14-49)53(64(65,66)67)38-51(56)40-75-28-9-7-18-55(75)63(85)86/h3-5,11,13-16,20-25,38-39,54-55H,6-10,12,17-19,26-37,40-44H2,1-2H3,(H,68,76)(H,69,84)(H,70,77)(H,78,79)(H,80,81)(H,82,83)(H,85,86)/b25-24+/t54-,55-/m0/s1. The van der Waals surface area contributed by atoms with Crippen molar-refractivity contribution in [3.63, 3.8) is 0 Å². The summed E-state index contributed by atoms with van der Waals surface area (Å²) in [6, 6.07) is 23.5.